The maximum absolute atomic E-state index is 14.2. The van der Waals surface area contributed by atoms with Crippen molar-refractivity contribution < 1.29 is 18.6 Å². The highest BCUT2D eigenvalue weighted by Gasteiger charge is 2.24. The lowest BCUT2D eigenvalue weighted by Crippen LogP contribution is -2.42. The van der Waals surface area contributed by atoms with Gasteiger partial charge in [0.15, 0.2) is 5.82 Å². The van der Waals surface area contributed by atoms with Gasteiger partial charge >= 0.3 is 0 Å². The molecule has 0 radical (unpaired) electrons. The second-order valence-corrected chi connectivity index (χ2v) is 10.4. The smallest absolute Gasteiger partial charge is 0.163 e. The summed E-state index contributed by atoms with van der Waals surface area (Å²) in [6.45, 7) is 0.653. The molecular weight excluding hydrogens is 570 g/mol. The molecule has 0 fully saturated rings. The molecule has 0 aliphatic carbocycles. The van der Waals surface area contributed by atoms with Crippen LogP contribution in [0.4, 0.5) is 14.6 Å². The summed E-state index contributed by atoms with van der Waals surface area (Å²) in [6, 6.07) is 29.1. The number of anilines is 1. The van der Waals surface area contributed by atoms with E-state index in [0.717, 1.165) is 28.5 Å². The standard InChI is InChI=1S/C34H31ClF2N4O2/c1-43-28-14-8-9-22(17-28)20-38-21-30(42)29(18-23-15-26(36)19-27(37)16-23)39-34-31(24-10-4-2-5-11-24)32(35)40-33(41-34)25-12-6-3-7-13-25/h2-17,19,29-30,38,42H,18,20-21H2,1H3,(H,39,40,41)/t29-,30+/m0/s1. The molecule has 0 spiro atoms. The van der Waals surface area contributed by atoms with Gasteiger partial charge in [-0.3, -0.25) is 0 Å². The fourth-order valence-corrected chi connectivity index (χ4v) is 5.12. The molecule has 4 aromatic carbocycles. The lowest BCUT2D eigenvalue weighted by molar-refractivity contribution is 0.148. The fourth-order valence-electron chi connectivity index (χ4n) is 4.85. The number of halogens is 3. The Balaban J connectivity index is 1.48. The zero-order valence-electron chi connectivity index (χ0n) is 23.5. The summed E-state index contributed by atoms with van der Waals surface area (Å²) in [6.07, 6.45) is -0.887. The Bertz CT molecular complexity index is 1640. The van der Waals surface area contributed by atoms with E-state index < -0.39 is 23.8 Å². The van der Waals surface area contributed by atoms with Crippen molar-refractivity contribution in [3.63, 3.8) is 0 Å². The molecule has 5 aromatic rings. The van der Waals surface area contributed by atoms with Crippen LogP contribution >= 0.6 is 11.6 Å². The summed E-state index contributed by atoms with van der Waals surface area (Å²) < 4.78 is 33.6. The van der Waals surface area contributed by atoms with Gasteiger partial charge in [-0.15, -0.1) is 0 Å². The first-order valence-electron chi connectivity index (χ1n) is 13.8. The van der Waals surface area contributed by atoms with Gasteiger partial charge in [-0.05, 0) is 47.4 Å². The van der Waals surface area contributed by atoms with Gasteiger partial charge in [-0.1, -0.05) is 84.4 Å². The number of hydrogen-bond donors (Lipinski definition) is 3. The predicted molar refractivity (Wildman–Crippen MR) is 166 cm³/mol. The van der Waals surface area contributed by atoms with E-state index in [1.54, 1.807) is 7.11 Å². The minimum atomic E-state index is -0.991. The Hall–Kier alpha value is -4.37. The van der Waals surface area contributed by atoms with Crippen LogP contribution < -0.4 is 15.4 Å². The molecule has 0 aliphatic rings. The van der Waals surface area contributed by atoms with Crippen molar-refractivity contribution in [2.45, 2.75) is 25.1 Å². The normalized spacial score (nSPS) is 12.5. The molecule has 1 heterocycles. The van der Waals surface area contributed by atoms with Crippen LogP contribution in [0.25, 0.3) is 22.5 Å². The molecule has 0 aliphatic heterocycles. The summed E-state index contributed by atoms with van der Waals surface area (Å²) in [5.74, 6) is 0.130. The molecule has 220 valence electrons. The van der Waals surface area contributed by atoms with E-state index in [-0.39, 0.29) is 18.1 Å². The number of rotatable bonds is 12. The molecule has 43 heavy (non-hydrogen) atoms. The van der Waals surface area contributed by atoms with Crippen molar-refractivity contribution in [3.8, 4) is 28.3 Å². The van der Waals surface area contributed by atoms with E-state index in [9.17, 15) is 13.9 Å². The number of nitrogens with one attached hydrogen (secondary N) is 2. The molecule has 3 N–H and O–H groups in total. The maximum Gasteiger partial charge on any atom is 0.163 e. The van der Waals surface area contributed by atoms with Crippen LogP contribution in [0.2, 0.25) is 5.15 Å². The topological polar surface area (TPSA) is 79.3 Å². The van der Waals surface area contributed by atoms with Crippen molar-refractivity contribution >= 4 is 17.4 Å². The predicted octanol–water partition coefficient (Wildman–Crippen LogP) is 6.92. The lowest BCUT2D eigenvalue weighted by Gasteiger charge is -2.27. The molecular formula is C34H31ClF2N4O2. The number of nitrogens with zero attached hydrogens (tertiary/aromatic N) is 2. The minimum absolute atomic E-state index is 0.104. The summed E-state index contributed by atoms with van der Waals surface area (Å²) in [4.78, 5) is 9.39. The maximum atomic E-state index is 14.2. The Morgan fingerprint density at radius 1 is 0.814 bits per heavy atom. The van der Waals surface area contributed by atoms with Gasteiger partial charge in [0.1, 0.15) is 28.4 Å². The van der Waals surface area contributed by atoms with Crippen LogP contribution in [-0.4, -0.2) is 40.9 Å². The van der Waals surface area contributed by atoms with Crippen LogP contribution in [0.3, 0.4) is 0 Å². The second-order valence-electron chi connectivity index (χ2n) is 10.1. The number of hydrogen-bond acceptors (Lipinski definition) is 6. The number of aromatic nitrogens is 2. The summed E-state index contributed by atoms with van der Waals surface area (Å²) in [5, 5.41) is 18.3. The highest BCUT2D eigenvalue weighted by Crippen LogP contribution is 2.35. The zero-order chi connectivity index (χ0) is 30.2. The first-order valence-corrected chi connectivity index (χ1v) is 14.2. The first-order chi connectivity index (χ1) is 20.9. The Kier molecular flexibility index (Phi) is 9.94. The average molecular weight is 601 g/mol. The lowest BCUT2D eigenvalue weighted by atomic mass is 9.99. The molecule has 0 amide bonds. The molecule has 0 bridgehead atoms. The Morgan fingerprint density at radius 3 is 2.16 bits per heavy atom. The number of ether oxygens (including phenoxy) is 1. The van der Waals surface area contributed by atoms with Crippen LogP contribution in [0.5, 0.6) is 5.75 Å². The Labute approximate surface area is 254 Å². The number of aliphatic hydroxyl groups excluding tert-OH is 1. The van der Waals surface area contributed by atoms with Crippen molar-refractivity contribution in [1.29, 1.82) is 0 Å². The van der Waals surface area contributed by atoms with Crippen LogP contribution in [0, 0.1) is 11.6 Å². The van der Waals surface area contributed by atoms with E-state index in [2.05, 4.69) is 15.6 Å². The average Bonchev–Trinajstić information content (AvgIpc) is 3.01. The van der Waals surface area contributed by atoms with Gasteiger partial charge in [-0.2, -0.15) is 0 Å². The molecule has 9 heteroatoms. The third-order valence-electron chi connectivity index (χ3n) is 6.94. The van der Waals surface area contributed by atoms with E-state index in [1.807, 2.05) is 84.9 Å². The van der Waals surface area contributed by atoms with Crippen molar-refractivity contribution in [2.75, 3.05) is 19.0 Å². The molecule has 1 aromatic heterocycles. The zero-order valence-corrected chi connectivity index (χ0v) is 24.2. The third kappa shape index (κ3) is 7.93. The first kappa shape index (κ1) is 30.1. The van der Waals surface area contributed by atoms with E-state index >= 15 is 0 Å². The van der Waals surface area contributed by atoms with Crippen LogP contribution in [-0.2, 0) is 13.0 Å². The fraction of sp³-hybridized carbons (Fsp3) is 0.176. The third-order valence-corrected chi connectivity index (χ3v) is 7.21. The van der Waals surface area contributed by atoms with Crippen LogP contribution in [0.1, 0.15) is 11.1 Å². The van der Waals surface area contributed by atoms with Gasteiger partial charge < -0.3 is 20.5 Å². The summed E-state index contributed by atoms with van der Waals surface area (Å²) in [7, 11) is 1.61. The van der Waals surface area contributed by atoms with Gasteiger partial charge in [0, 0.05) is 24.7 Å². The molecule has 0 unspecified atom stereocenters. The SMILES string of the molecule is COc1cccc(CNC[C@@H](O)[C@H](Cc2cc(F)cc(F)c2)Nc2nc(-c3ccccc3)nc(Cl)c2-c2ccccc2)c1. The van der Waals surface area contributed by atoms with Crippen molar-refractivity contribution in [3.05, 3.63) is 131 Å². The van der Waals surface area contributed by atoms with Gasteiger partial charge in [0.05, 0.1) is 24.8 Å². The van der Waals surface area contributed by atoms with Crippen molar-refractivity contribution in [2.24, 2.45) is 0 Å². The Morgan fingerprint density at radius 2 is 1.49 bits per heavy atom. The van der Waals surface area contributed by atoms with Gasteiger partial charge in [0.2, 0.25) is 0 Å². The number of aliphatic hydroxyl groups is 1. The largest absolute Gasteiger partial charge is 0.497 e. The molecule has 2 atom stereocenters. The second kappa shape index (κ2) is 14.2. The highest BCUT2D eigenvalue weighted by molar-refractivity contribution is 6.32. The van der Waals surface area contributed by atoms with E-state index in [4.69, 9.17) is 21.3 Å². The van der Waals surface area contributed by atoms with E-state index in [1.165, 1.54) is 12.1 Å². The molecule has 0 saturated carbocycles. The molecule has 5 rings (SSSR count). The van der Waals surface area contributed by atoms with Crippen molar-refractivity contribution in [1.82, 2.24) is 15.3 Å². The summed E-state index contributed by atoms with van der Waals surface area (Å²) >= 11 is 6.78. The molecule has 0 saturated heterocycles. The monoisotopic (exact) mass is 600 g/mol. The van der Waals surface area contributed by atoms with Crippen LogP contribution in [0.15, 0.2) is 103 Å². The number of methoxy groups -OCH3 is 1. The number of benzene rings is 4. The molecule has 6 nitrogen and oxygen atoms in total. The van der Waals surface area contributed by atoms with E-state index in [0.29, 0.717) is 29.3 Å². The van der Waals surface area contributed by atoms with Gasteiger partial charge in [-0.25, -0.2) is 18.7 Å². The quantitative estimate of drug-likeness (QED) is 0.135. The summed E-state index contributed by atoms with van der Waals surface area (Å²) in [5.41, 5.74) is 3.44. The van der Waals surface area contributed by atoms with Gasteiger partial charge in [0.25, 0.3) is 0 Å². The minimum Gasteiger partial charge on any atom is -0.497 e. The highest BCUT2D eigenvalue weighted by atomic mass is 35.5.